The molecule has 2 N–H and O–H groups in total. The van der Waals surface area contributed by atoms with Crippen LogP contribution in [0.15, 0.2) is 42.5 Å². The van der Waals surface area contributed by atoms with Gasteiger partial charge in [-0.2, -0.15) is 0 Å². The monoisotopic (exact) mass is 390 g/mol. The van der Waals surface area contributed by atoms with Gasteiger partial charge in [0.15, 0.2) is 11.5 Å². The number of hydrogen-bond acceptors (Lipinski definition) is 4. The van der Waals surface area contributed by atoms with E-state index in [1.165, 1.54) is 7.11 Å². The molecule has 0 aliphatic rings. The number of halogens is 1. The van der Waals surface area contributed by atoms with Crippen LogP contribution in [0.1, 0.15) is 41.0 Å². The van der Waals surface area contributed by atoms with E-state index < -0.39 is 11.8 Å². The molecule has 0 saturated heterocycles. The molecule has 0 aliphatic heterocycles. The van der Waals surface area contributed by atoms with Gasteiger partial charge < -0.3 is 9.47 Å². The van der Waals surface area contributed by atoms with Crippen LogP contribution in [0.4, 0.5) is 0 Å². The highest BCUT2D eigenvalue weighted by molar-refractivity contribution is 6.30. The Morgan fingerprint density at radius 3 is 2.15 bits per heavy atom. The number of hydrogen-bond donors (Lipinski definition) is 2. The van der Waals surface area contributed by atoms with E-state index >= 15 is 0 Å². The Bertz CT molecular complexity index is 791. The number of rotatable bonds is 7. The molecule has 6 nitrogen and oxygen atoms in total. The molecule has 144 valence electrons. The van der Waals surface area contributed by atoms with E-state index in [4.69, 9.17) is 21.1 Å². The van der Waals surface area contributed by atoms with E-state index in [1.807, 2.05) is 0 Å². The fraction of sp³-hybridized carbons (Fsp3) is 0.300. The largest absolute Gasteiger partial charge is 0.493 e. The SMILES string of the molecule is COc1cc(C(=O)NNC(=O)c2ccc(Cl)cc2)ccc1OCCC(C)C. The Labute approximate surface area is 163 Å². The summed E-state index contributed by atoms with van der Waals surface area (Å²) >= 11 is 5.79. The lowest BCUT2D eigenvalue weighted by Crippen LogP contribution is -2.41. The highest BCUT2D eigenvalue weighted by atomic mass is 35.5. The molecule has 0 heterocycles. The second kappa shape index (κ2) is 9.83. The zero-order valence-corrected chi connectivity index (χ0v) is 16.3. The molecule has 2 aromatic rings. The van der Waals surface area contributed by atoms with E-state index in [1.54, 1.807) is 42.5 Å². The predicted molar refractivity (Wildman–Crippen MR) is 104 cm³/mol. The molecule has 0 unspecified atom stereocenters. The summed E-state index contributed by atoms with van der Waals surface area (Å²) in [6, 6.07) is 11.2. The number of benzene rings is 2. The van der Waals surface area contributed by atoms with E-state index in [2.05, 4.69) is 24.7 Å². The molecule has 0 spiro atoms. The van der Waals surface area contributed by atoms with Crippen molar-refractivity contribution < 1.29 is 19.1 Å². The highest BCUT2D eigenvalue weighted by Gasteiger charge is 2.13. The second-order valence-corrected chi connectivity index (χ2v) is 6.75. The minimum absolute atomic E-state index is 0.333. The fourth-order valence-electron chi connectivity index (χ4n) is 2.19. The minimum atomic E-state index is -0.468. The van der Waals surface area contributed by atoms with Gasteiger partial charge in [-0.25, -0.2) is 0 Å². The summed E-state index contributed by atoms with van der Waals surface area (Å²) in [6.07, 6.45) is 0.919. The van der Waals surface area contributed by atoms with E-state index in [0.29, 0.717) is 40.2 Å². The third-order valence-corrected chi connectivity index (χ3v) is 4.03. The zero-order valence-electron chi connectivity index (χ0n) is 15.5. The fourth-order valence-corrected chi connectivity index (χ4v) is 2.32. The normalized spacial score (nSPS) is 10.4. The van der Waals surface area contributed by atoms with Crippen molar-refractivity contribution in [2.45, 2.75) is 20.3 Å². The molecule has 0 aliphatic carbocycles. The first-order valence-electron chi connectivity index (χ1n) is 8.57. The Balaban J connectivity index is 1.97. The first kappa shape index (κ1) is 20.6. The van der Waals surface area contributed by atoms with E-state index in [9.17, 15) is 9.59 Å². The van der Waals surface area contributed by atoms with Crippen LogP contribution in [-0.2, 0) is 0 Å². The van der Waals surface area contributed by atoms with Crippen LogP contribution in [0.2, 0.25) is 5.02 Å². The summed E-state index contributed by atoms with van der Waals surface area (Å²) in [7, 11) is 1.51. The van der Waals surface area contributed by atoms with Gasteiger partial charge in [-0.1, -0.05) is 25.4 Å². The van der Waals surface area contributed by atoms with Crippen molar-refractivity contribution in [2.75, 3.05) is 13.7 Å². The molecule has 27 heavy (non-hydrogen) atoms. The molecule has 0 radical (unpaired) electrons. The lowest BCUT2D eigenvalue weighted by molar-refractivity contribution is 0.0846. The van der Waals surface area contributed by atoms with Crippen molar-refractivity contribution >= 4 is 23.4 Å². The van der Waals surface area contributed by atoms with Gasteiger partial charge in [0, 0.05) is 16.1 Å². The molecule has 0 aromatic heterocycles. The van der Waals surface area contributed by atoms with Gasteiger partial charge in [0.2, 0.25) is 0 Å². The van der Waals surface area contributed by atoms with Crippen LogP contribution in [0.25, 0.3) is 0 Å². The molecule has 2 amide bonds. The van der Waals surface area contributed by atoms with Crippen molar-refractivity contribution in [3.8, 4) is 11.5 Å². The van der Waals surface area contributed by atoms with Crippen molar-refractivity contribution in [3.63, 3.8) is 0 Å². The molecule has 0 saturated carbocycles. The summed E-state index contributed by atoms with van der Waals surface area (Å²) < 4.78 is 11.0. The Kier molecular flexibility index (Phi) is 7.49. The number of ether oxygens (including phenoxy) is 2. The van der Waals surface area contributed by atoms with Crippen LogP contribution in [-0.4, -0.2) is 25.5 Å². The van der Waals surface area contributed by atoms with Crippen molar-refractivity contribution in [3.05, 3.63) is 58.6 Å². The van der Waals surface area contributed by atoms with Crippen LogP contribution >= 0.6 is 11.6 Å². The van der Waals surface area contributed by atoms with Gasteiger partial charge in [0.05, 0.1) is 13.7 Å². The van der Waals surface area contributed by atoms with Crippen molar-refractivity contribution in [2.24, 2.45) is 5.92 Å². The first-order chi connectivity index (χ1) is 12.9. The number of carbonyl (C=O) groups is 2. The van der Waals surface area contributed by atoms with Gasteiger partial charge in [-0.3, -0.25) is 20.4 Å². The van der Waals surface area contributed by atoms with Crippen molar-refractivity contribution in [1.29, 1.82) is 0 Å². The zero-order chi connectivity index (χ0) is 19.8. The Morgan fingerprint density at radius 2 is 1.56 bits per heavy atom. The maximum absolute atomic E-state index is 12.3. The second-order valence-electron chi connectivity index (χ2n) is 6.31. The smallest absolute Gasteiger partial charge is 0.269 e. The van der Waals surface area contributed by atoms with Crippen LogP contribution in [0, 0.1) is 5.92 Å². The van der Waals surface area contributed by atoms with Crippen LogP contribution in [0.3, 0.4) is 0 Å². The van der Waals surface area contributed by atoms with Gasteiger partial charge in [0.25, 0.3) is 11.8 Å². The molecule has 0 fully saturated rings. The average molecular weight is 391 g/mol. The average Bonchev–Trinajstić information content (AvgIpc) is 2.66. The number of nitrogens with one attached hydrogen (secondary N) is 2. The summed E-state index contributed by atoms with van der Waals surface area (Å²) in [5, 5.41) is 0.526. The first-order valence-corrected chi connectivity index (χ1v) is 8.95. The lowest BCUT2D eigenvalue weighted by atomic mass is 10.1. The maximum atomic E-state index is 12.3. The maximum Gasteiger partial charge on any atom is 0.269 e. The van der Waals surface area contributed by atoms with E-state index in [0.717, 1.165) is 6.42 Å². The molecule has 0 atom stereocenters. The molecule has 2 rings (SSSR count). The minimum Gasteiger partial charge on any atom is -0.493 e. The summed E-state index contributed by atoms with van der Waals surface area (Å²) in [4.78, 5) is 24.3. The summed E-state index contributed by atoms with van der Waals surface area (Å²) in [5.41, 5.74) is 5.45. The molecular formula is C20H23ClN2O4. The number of carbonyl (C=O) groups excluding carboxylic acids is 2. The van der Waals surface area contributed by atoms with Crippen LogP contribution < -0.4 is 20.3 Å². The third kappa shape index (κ3) is 6.18. The van der Waals surface area contributed by atoms with E-state index in [-0.39, 0.29) is 0 Å². The number of amides is 2. The third-order valence-electron chi connectivity index (χ3n) is 3.77. The van der Waals surface area contributed by atoms with Gasteiger partial charge >= 0.3 is 0 Å². The topological polar surface area (TPSA) is 76.7 Å². The summed E-state index contributed by atoms with van der Waals surface area (Å²) in [5.74, 6) is 0.644. The van der Waals surface area contributed by atoms with Crippen LogP contribution in [0.5, 0.6) is 11.5 Å². The molecule has 7 heteroatoms. The molecular weight excluding hydrogens is 368 g/mol. The Morgan fingerprint density at radius 1 is 0.963 bits per heavy atom. The van der Waals surface area contributed by atoms with Gasteiger partial charge in [0.1, 0.15) is 0 Å². The number of hydrazine groups is 1. The lowest BCUT2D eigenvalue weighted by Gasteiger charge is -2.13. The quantitative estimate of drug-likeness (QED) is 0.704. The number of methoxy groups -OCH3 is 1. The summed E-state index contributed by atoms with van der Waals surface area (Å²) in [6.45, 7) is 4.80. The predicted octanol–water partition coefficient (Wildman–Crippen LogP) is 3.85. The molecule has 0 bridgehead atoms. The highest BCUT2D eigenvalue weighted by Crippen LogP contribution is 2.28. The van der Waals surface area contributed by atoms with Crippen molar-refractivity contribution in [1.82, 2.24) is 10.9 Å². The molecule has 2 aromatic carbocycles. The van der Waals surface area contributed by atoms with Gasteiger partial charge in [-0.15, -0.1) is 0 Å². The Hall–Kier alpha value is -2.73. The standard InChI is InChI=1S/C20H23ClN2O4/c1-13(2)10-11-27-17-9-6-15(12-18(17)26-3)20(25)23-22-19(24)14-4-7-16(21)8-5-14/h4-9,12-13H,10-11H2,1-3H3,(H,22,24)(H,23,25). The van der Waals surface area contributed by atoms with Gasteiger partial charge in [-0.05, 0) is 54.8 Å².